The molecular weight excluding hydrogens is 1750 g/mol. The third-order valence-electron chi connectivity index (χ3n) is 30.0. The van der Waals surface area contributed by atoms with Gasteiger partial charge in [0.15, 0.2) is 0 Å². The highest BCUT2D eigenvalue weighted by molar-refractivity contribution is 7.28. The molecular formula is C129H79N5O2S3. The summed E-state index contributed by atoms with van der Waals surface area (Å²) in [5, 5.41) is 24.6. The van der Waals surface area contributed by atoms with Gasteiger partial charge in [-0.2, -0.15) is 0 Å². The average molecular weight is 1830 g/mol. The fourth-order valence-corrected chi connectivity index (χ4v) is 27.3. The standard InChI is InChI=1S/C66H38N2OS2.C63H41N3OS/c1-3-15-39(16-4-1)41-28-31-55-50(33-41)51-37-53-61(38-57(51)67(55)54-24-12-10-20-45(54)40-17-5-2-6-18-40)71-66-63(53)48-22-8-9-23-49(48)65-64(66)52-34-42(43-27-30-47-46-21-11-14-26-59(46)70-60(47)35-43)29-32-56(52)68(65)62-36-44-19-7-13-25-58(44)69-62;1-36-18-23-42(24-19-36)65-53-26-22-39(41-12-10-28-64-35-41)30-47(53)48-33-50-57(34-55(48)65)68-62-59(50)44-14-5-6-15-45(44)61-60(62)49-31-38(21-27-54(49)66(61)58-32-40-11-4-9-17-56(40)67-58)37-20-25-52-46(29-37)43-13-7-8-16-51(43)63(52,2)3/h1-38H;4-35H,1-3H3. The molecule has 0 saturated carbocycles. The first-order chi connectivity index (χ1) is 68.6. The number of nitrogens with zero attached hydrogens (tertiary/aromatic N) is 5. The van der Waals surface area contributed by atoms with Crippen molar-refractivity contribution in [2.75, 3.05) is 0 Å². The summed E-state index contributed by atoms with van der Waals surface area (Å²) in [7, 11) is 0. The van der Waals surface area contributed by atoms with Crippen LogP contribution in [0.1, 0.15) is 30.5 Å². The summed E-state index contributed by atoms with van der Waals surface area (Å²) in [5.74, 6) is 1.63. The fraction of sp³-hybridized carbons (Fsp3) is 0.0310. The van der Waals surface area contributed by atoms with Gasteiger partial charge in [0.2, 0.25) is 11.8 Å². The van der Waals surface area contributed by atoms with E-state index in [1.54, 1.807) is 0 Å². The zero-order valence-electron chi connectivity index (χ0n) is 75.7. The Morgan fingerprint density at radius 2 is 0.691 bits per heavy atom. The number of pyridine rings is 1. The first-order valence-electron chi connectivity index (χ1n) is 47.6. The molecule has 0 bridgehead atoms. The second-order valence-electron chi connectivity index (χ2n) is 38.0. The summed E-state index contributed by atoms with van der Waals surface area (Å²) in [6, 6.07) is 152. The number of para-hydroxylation sites is 3. The lowest BCUT2D eigenvalue weighted by Crippen LogP contribution is -2.14. The van der Waals surface area contributed by atoms with Crippen LogP contribution in [0.5, 0.6) is 0 Å². The predicted molar refractivity (Wildman–Crippen MR) is 591 cm³/mol. The van der Waals surface area contributed by atoms with Crippen LogP contribution in [0.25, 0.3) is 281 Å². The van der Waals surface area contributed by atoms with E-state index in [0.717, 1.165) is 78.3 Å². The number of aromatic nitrogens is 5. The number of rotatable bonds is 9. The molecule has 0 radical (unpaired) electrons. The van der Waals surface area contributed by atoms with E-state index < -0.39 is 0 Å². The molecule has 7 nitrogen and oxygen atoms in total. The monoisotopic (exact) mass is 1830 g/mol. The molecule has 0 saturated heterocycles. The SMILES string of the molecule is Cc1ccc(-n2c3ccc(-c4cccnc4)cc3c3cc4c(cc32)sc2c4c3ccccc3c3c2c2cc(-c4ccc5c(c4)-c4ccccc4C5(C)C)ccc2n3-c2cc3ccccc3o2)cc1.c1ccc(-c2ccc3c(c2)c2cc4c(cc2n3-c2ccccc2-c2ccccc2)sc2c4c3ccccc3c3c2c2cc(-c4ccc5c(c4)sc4ccccc45)ccc2n3-c2cc3ccccc3o2)cc1. The molecule has 0 spiro atoms. The summed E-state index contributed by atoms with van der Waals surface area (Å²) < 4.78 is 31.1. The van der Waals surface area contributed by atoms with E-state index in [2.05, 4.69) is 450 Å². The number of hydrogen-bond donors (Lipinski definition) is 0. The van der Waals surface area contributed by atoms with Gasteiger partial charge in [0.1, 0.15) is 11.2 Å². The molecule has 30 aromatic rings. The quantitative estimate of drug-likeness (QED) is 0.145. The summed E-state index contributed by atoms with van der Waals surface area (Å²) in [6.45, 7) is 6.86. The minimum atomic E-state index is -0.0522. The molecule has 0 amide bonds. The topological polar surface area (TPSA) is 58.9 Å². The van der Waals surface area contributed by atoms with Gasteiger partial charge >= 0.3 is 0 Å². The first kappa shape index (κ1) is 78.3. The van der Waals surface area contributed by atoms with E-state index in [1.807, 2.05) is 52.5 Å². The maximum atomic E-state index is 6.83. The van der Waals surface area contributed by atoms with Crippen molar-refractivity contribution in [3.8, 4) is 89.9 Å². The zero-order valence-corrected chi connectivity index (χ0v) is 78.1. The molecule has 0 aliphatic heterocycles. The van der Waals surface area contributed by atoms with Crippen LogP contribution in [0.2, 0.25) is 0 Å². The van der Waals surface area contributed by atoms with Crippen LogP contribution in [0, 0.1) is 6.92 Å². The molecule has 1 aliphatic carbocycles. The molecule has 0 fully saturated rings. The van der Waals surface area contributed by atoms with Crippen molar-refractivity contribution in [1.29, 1.82) is 0 Å². The van der Waals surface area contributed by atoms with Gasteiger partial charge in [-0.15, -0.1) is 34.0 Å². The van der Waals surface area contributed by atoms with E-state index in [4.69, 9.17) is 8.83 Å². The molecule has 139 heavy (non-hydrogen) atoms. The average Bonchev–Trinajstić information content (AvgIpc) is 1.53. The third-order valence-corrected chi connectivity index (χ3v) is 33.4. The van der Waals surface area contributed by atoms with Gasteiger partial charge in [-0.05, 0) is 212 Å². The van der Waals surface area contributed by atoms with Gasteiger partial charge in [0.05, 0.1) is 49.8 Å². The Kier molecular flexibility index (Phi) is 16.8. The van der Waals surface area contributed by atoms with Gasteiger partial charge in [-0.1, -0.05) is 292 Å². The normalized spacial score (nSPS) is 12.8. The van der Waals surface area contributed by atoms with Crippen molar-refractivity contribution in [2.24, 2.45) is 0 Å². The van der Waals surface area contributed by atoms with Crippen molar-refractivity contribution in [3.63, 3.8) is 0 Å². The Morgan fingerprint density at radius 3 is 1.29 bits per heavy atom. The molecule has 10 aromatic heterocycles. The van der Waals surface area contributed by atoms with E-state index >= 15 is 0 Å². The van der Waals surface area contributed by atoms with Gasteiger partial charge < -0.3 is 18.0 Å². The van der Waals surface area contributed by atoms with Gasteiger partial charge in [0.25, 0.3) is 0 Å². The zero-order chi connectivity index (χ0) is 91.3. The van der Waals surface area contributed by atoms with Crippen molar-refractivity contribution in [3.05, 3.63) is 442 Å². The van der Waals surface area contributed by atoms with Gasteiger partial charge in [-0.3, -0.25) is 14.1 Å². The number of furan rings is 2. The molecule has 0 unspecified atom stereocenters. The number of fused-ring (bicyclic) bond motifs is 34. The highest BCUT2D eigenvalue weighted by Crippen LogP contribution is 2.56. The largest absolute Gasteiger partial charge is 0.440 e. The first-order valence-corrected chi connectivity index (χ1v) is 50.0. The van der Waals surface area contributed by atoms with E-state index in [-0.39, 0.29) is 5.41 Å². The molecule has 1 aliphatic rings. The van der Waals surface area contributed by atoms with Crippen LogP contribution in [0.15, 0.2) is 434 Å². The Balaban J connectivity index is 0.000000131. The van der Waals surface area contributed by atoms with Gasteiger partial charge in [0, 0.05) is 172 Å². The van der Waals surface area contributed by atoms with Gasteiger partial charge in [-0.25, -0.2) is 0 Å². The highest BCUT2D eigenvalue weighted by atomic mass is 32.1. The molecule has 0 N–H and O–H groups in total. The lowest BCUT2D eigenvalue weighted by molar-refractivity contribution is 0.589. The van der Waals surface area contributed by atoms with E-state index in [0.29, 0.717) is 0 Å². The number of aryl methyl sites for hydroxylation is 1. The van der Waals surface area contributed by atoms with Crippen molar-refractivity contribution >= 4 is 225 Å². The van der Waals surface area contributed by atoms with Crippen LogP contribution in [-0.2, 0) is 5.41 Å². The second-order valence-corrected chi connectivity index (χ2v) is 41.2. The van der Waals surface area contributed by atoms with E-state index in [1.165, 1.54) is 220 Å². The minimum absolute atomic E-state index is 0.0522. The number of benzene rings is 20. The summed E-state index contributed by atoms with van der Waals surface area (Å²) in [4.78, 5) is 4.48. The highest BCUT2D eigenvalue weighted by Gasteiger charge is 2.36. The second kappa shape index (κ2) is 29.8. The molecule has 31 rings (SSSR count). The Hall–Kier alpha value is -17.0. The molecule has 10 heterocycles. The Bertz CT molecular complexity index is 10500. The van der Waals surface area contributed by atoms with Crippen LogP contribution < -0.4 is 0 Å². The van der Waals surface area contributed by atoms with Crippen LogP contribution in [0.4, 0.5) is 0 Å². The maximum absolute atomic E-state index is 6.83. The predicted octanol–water partition coefficient (Wildman–Crippen LogP) is 37.0. The smallest absolute Gasteiger partial charge is 0.205 e. The summed E-state index contributed by atoms with van der Waals surface area (Å²) in [5.41, 5.74) is 31.9. The van der Waals surface area contributed by atoms with Crippen molar-refractivity contribution in [1.82, 2.24) is 23.3 Å². The van der Waals surface area contributed by atoms with Crippen LogP contribution in [-0.4, -0.2) is 23.3 Å². The van der Waals surface area contributed by atoms with Crippen molar-refractivity contribution < 1.29 is 8.83 Å². The van der Waals surface area contributed by atoms with Crippen LogP contribution >= 0.6 is 34.0 Å². The molecule has 650 valence electrons. The minimum Gasteiger partial charge on any atom is -0.440 e. The molecule has 10 heteroatoms. The molecule has 0 atom stereocenters. The summed E-state index contributed by atoms with van der Waals surface area (Å²) in [6.07, 6.45) is 3.80. The Morgan fingerprint density at radius 1 is 0.252 bits per heavy atom. The maximum Gasteiger partial charge on any atom is 0.205 e. The third kappa shape index (κ3) is 11.6. The lowest BCUT2D eigenvalue weighted by Gasteiger charge is -2.21. The number of thiophene rings is 3. The summed E-state index contributed by atoms with van der Waals surface area (Å²) >= 11 is 5.69. The van der Waals surface area contributed by atoms with Crippen molar-refractivity contribution in [2.45, 2.75) is 26.2 Å². The van der Waals surface area contributed by atoms with Crippen LogP contribution in [0.3, 0.4) is 0 Å². The fourth-order valence-electron chi connectivity index (χ4n) is 23.5. The molecule has 20 aromatic carbocycles. The van der Waals surface area contributed by atoms with E-state index in [9.17, 15) is 0 Å². The number of hydrogen-bond acceptors (Lipinski definition) is 6. The Labute approximate surface area is 808 Å². The lowest BCUT2D eigenvalue weighted by atomic mass is 9.82.